The van der Waals surface area contributed by atoms with Gasteiger partial charge < -0.3 is 10.5 Å². The highest BCUT2D eigenvalue weighted by Crippen LogP contribution is 2.22. The molecule has 1 fully saturated rings. The Morgan fingerprint density at radius 2 is 2.12 bits per heavy atom. The molecule has 0 saturated carbocycles. The standard InChI is InChI=1S/C12H16FNO2S/c13-10-1-2-11(14)12(7-10)17(15)8-9-3-5-16-6-4-9/h1-2,7,9H,3-6,8,14H2. The molecule has 1 saturated heterocycles. The summed E-state index contributed by atoms with van der Waals surface area (Å²) in [6.07, 6.45) is 1.84. The van der Waals surface area contributed by atoms with Crippen LogP contribution in [0.1, 0.15) is 12.8 Å². The normalized spacial score (nSPS) is 19.1. The van der Waals surface area contributed by atoms with Crippen LogP contribution in [0.5, 0.6) is 0 Å². The zero-order valence-electron chi connectivity index (χ0n) is 9.52. The van der Waals surface area contributed by atoms with Crippen molar-refractivity contribution in [1.29, 1.82) is 0 Å². The molecule has 1 aliphatic heterocycles. The Kier molecular flexibility index (Phi) is 4.12. The number of anilines is 1. The third kappa shape index (κ3) is 3.26. The first-order valence-electron chi connectivity index (χ1n) is 5.68. The number of benzene rings is 1. The minimum Gasteiger partial charge on any atom is -0.398 e. The van der Waals surface area contributed by atoms with E-state index in [-0.39, 0.29) is 0 Å². The summed E-state index contributed by atoms with van der Waals surface area (Å²) in [7, 11) is -1.22. The second-order valence-electron chi connectivity index (χ2n) is 4.25. The largest absolute Gasteiger partial charge is 0.398 e. The van der Waals surface area contributed by atoms with Crippen molar-refractivity contribution in [1.82, 2.24) is 0 Å². The minimum absolute atomic E-state index is 0.382. The maximum atomic E-state index is 13.1. The van der Waals surface area contributed by atoms with Crippen LogP contribution in [-0.2, 0) is 15.5 Å². The lowest BCUT2D eigenvalue weighted by Gasteiger charge is -2.21. The molecule has 5 heteroatoms. The lowest BCUT2D eigenvalue weighted by Crippen LogP contribution is -2.21. The molecule has 0 aromatic heterocycles. The molecule has 1 aliphatic rings. The SMILES string of the molecule is Nc1ccc(F)cc1S(=O)CC1CCOCC1. The Bertz CT molecular complexity index is 419. The smallest absolute Gasteiger partial charge is 0.124 e. The Balaban J connectivity index is 2.05. The molecular formula is C12H16FNO2S. The van der Waals surface area contributed by atoms with Crippen LogP contribution < -0.4 is 5.73 Å². The van der Waals surface area contributed by atoms with E-state index in [2.05, 4.69) is 0 Å². The molecule has 94 valence electrons. The van der Waals surface area contributed by atoms with Gasteiger partial charge in [0.05, 0.1) is 15.7 Å². The summed E-state index contributed by atoms with van der Waals surface area (Å²) < 4.78 is 30.4. The van der Waals surface area contributed by atoms with Gasteiger partial charge in [0, 0.05) is 24.7 Å². The number of nitrogen functional groups attached to an aromatic ring is 1. The molecule has 0 spiro atoms. The molecule has 0 radical (unpaired) electrons. The van der Waals surface area contributed by atoms with Gasteiger partial charge in [-0.1, -0.05) is 0 Å². The van der Waals surface area contributed by atoms with E-state index in [0.717, 1.165) is 26.1 Å². The number of hydrogen-bond donors (Lipinski definition) is 1. The van der Waals surface area contributed by atoms with E-state index in [0.29, 0.717) is 22.3 Å². The van der Waals surface area contributed by atoms with E-state index in [4.69, 9.17) is 10.5 Å². The number of ether oxygens (including phenoxy) is 1. The second kappa shape index (κ2) is 5.60. The van der Waals surface area contributed by atoms with Crippen molar-refractivity contribution in [2.24, 2.45) is 5.92 Å². The quantitative estimate of drug-likeness (QED) is 0.842. The fraction of sp³-hybridized carbons (Fsp3) is 0.500. The van der Waals surface area contributed by atoms with Gasteiger partial charge in [0.1, 0.15) is 5.82 Å². The van der Waals surface area contributed by atoms with Crippen molar-refractivity contribution in [2.45, 2.75) is 17.7 Å². The molecule has 0 bridgehead atoms. The van der Waals surface area contributed by atoms with E-state index < -0.39 is 16.6 Å². The predicted octanol–water partition coefficient (Wildman–Crippen LogP) is 1.94. The Labute approximate surface area is 103 Å². The van der Waals surface area contributed by atoms with E-state index in [1.807, 2.05) is 0 Å². The van der Waals surface area contributed by atoms with Crippen LogP contribution in [0.25, 0.3) is 0 Å². The molecule has 0 amide bonds. The molecule has 3 nitrogen and oxygen atoms in total. The number of halogens is 1. The van der Waals surface area contributed by atoms with Gasteiger partial charge in [-0.05, 0) is 37.0 Å². The Morgan fingerprint density at radius 3 is 2.82 bits per heavy atom. The molecule has 1 aromatic rings. The summed E-state index contributed by atoms with van der Waals surface area (Å²) in [5.41, 5.74) is 6.11. The van der Waals surface area contributed by atoms with Crippen LogP contribution in [0.3, 0.4) is 0 Å². The van der Waals surface area contributed by atoms with Gasteiger partial charge in [0.2, 0.25) is 0 Å². The van der Waals surface area contributed by atoms with Crippen LogP contribution in [0.4, 0.5) is 10.1 Å². The molecule has 0 aliphatic carbocycles. The van der Waals surface area contributed by atoms with Crippen LogP contribution in [0.2, 0.25) is 0 Å². The van der Waals surface area contributed by atoms with E-state index in [1.165, 1.54) is 18.2 Å². The van der Waals surface area contributed by atoms with E-state index in [9.17, 15) is 8.60 Å². The highest BCUT2D eigenvalue weighted by Gasteiger charge is 2.19. The van der Waals surface area contributed by atoms with Gasteiger partial charge in [0.15, 0.2) is 0 Å². The zero-order chi connectivity index (χ0) is 12.3. The lowest BCUT2D eigenvalue weighted by molar-refractivity contribution is 0.0725. The van der Waals surface area contributed by atoms with E-state index >= 15 is 0 Å². The van der Waals surface area contributed by atoms with Crippen molar-refractivity contribution >= 4 is 16.5 Å². The first kappa shape index (κ1) is 12.5. The Hall–Kier alpha value is -0.940. The van der Waals surface area contributed by atoms with Crippen molar-refractivity contribution in [2.75, 3.05) is 24.7 Å². The molecule has 1 unspecified atom stereocenters. The summed E-state index contributed by atoms with van der Waals surface area (Å²) in [5, 5.41) is 0. The van der Waals surface area contributed by atoms with Crippen LogP contribution in [-0.4, -0.2) is 23.2 Å². The lowest BCUT2D eigenvalue weighted by atomic mass is 10.0. The maximum Gasteiger partial charge on any atom is 0.124 e. The fourth-order valence-corrected chi connectivity index (χ4v) is 3.44. The third-order valence-corrected chi connectivity index (χ3v) is 4.57. The van der Waals surface area contributed by atoms with E-state index in [1.54, 1.807) is 0 Å². The van der Waals surface area contributed by atoms with Gasteiger partial charge in [-0.15, -0.1) is 0 Å². The van der Waals surface area contributed by atoms with Crippen LogP contribution >= 0.6 is 0 Å². The molecule has 1 atom stereocenters. The van der Waals surface area contributed by atoms with Crippen molar-refractivity contribution < 1.29 is 13.3 Å². The monoisotopic (exact) mass is 257 g/mol. The second-order valence-corrected chi connectivity index (χ2v) is 5.71. The number of rotatable bonds is 3. The topological polar surface area (TPSA) is 52.3 Å². The molecule has 2 rings (SSSR count). The van der Waals surface area contributed by atoms with Crippen LogP contribution in [0.15, 0.2) is 23.1 Å². The van der Waals surface area contributed by atoms with Crippen molar-refractivity contribution in [3.63, 3.8) is 0 Å². The van der Waals surface area contributed by atoms with Gasteiger partial charge in [-0.25, -0.2) is 4.39 Å². The summed E-state index contributed by atoms with van der Waals surface area (Å²) in [5.74, 6) is 0.526. The first-order valence-corrected chi connectivity index (χ1v) is 7.00. The van der Waals surface area contributed by atoms with Crippen molar-refractivity contribution in [3.8, 4) is 0 Å². The average Bonchev–Trinajstić information content (AvgIpc) is 2.33. The number of hydrogen-bond acceptors (Lipinski definition) is 3. The highest BCUT2D eigenvalue weighted by atomic mass is 32.2. The first-order chi connectivity index (χ1) is 8.16. The zero-order valence-corrected chi connectivity index (χ0v) is 10.3. The van der Waals surface area contributed by atoms with Gasteiger partial charge in [0.25, 0.3) is 0 Å². The Morgan fingerprint density at radius 1 is 1.41 bits per heavy atom. The van der Waals surface area contributed by atoms with Gasteiger partial charge in [-0.2, -0.15) is 0 Å². The van der Waals surface area contributed by atoms with Crippen LogP contribution in [0, 0.1) is 11.7 Å². The summed E-state index contributed by atoms with van der Waals surface area (Å²) >= 11 is 0. The molecule has 1 aromatic carbocycles. The highest BCUT2D eigenvalue weighted by molar-refractivity contribution is 7.85. The minimum atomic E-state index is -1.22. The summed E-state index contributed by atoms with van der Waals surface area (Å²) in [4.78, 5) is 0.413. The number of nitrogens with two attached hydrogens (primary N) is 1. The molecular weight excluding hydrogens is 241 g/mol. The molecule has 1 heterocycles. The maximum absolute atomic E-state index is 13.1. The molecule has 2 N–H and O–H groups in total. The fourth-order valence-electron chi connectivity index (χ4n) is 1.92. The molecule has 17 heavy (non-hydrogen) atoms. The third-order valence-electron chi connectivity index (χ3n) is 2.95. The average molecular weight is 257 g/mol. The summed E-state index contributed by atoms with van der Waals surface area (Å²) in [6.45, 7) is 1.45. The van der Waals surface area contributed by atoms with Crippen molar-refractivity contribution in [3.05, 3.63) is 24.0 Å². The predicted molar refractivity (Wildman–Crippen MR) is 65.6 cm³/mol. The van der Waals surface area contributed by atoms with Gasteiger partial charge >= 0.3 is 0 Å². The van der Waals surface area contributed by atoms with Gasteiger partial charge in [-0.3, -0.25) is 4.21 Å². The summed E-state index contributed by atoms with van der Waals surface area (Å²) in [6, 6.07) is 4.02.